The van der Waals surface area contributed by atoms with Crippen LogP contribution in [0.2, 0.25) is 0 Å². The predicted molar refractivity (Wildman–Crippen MR) is 80.3 cm³/mol. The Morgan fingerprint density at radius 2 is 2.24 bits per heavy atom. The lowest BCUT2D eigenvalue weighted by atomic mass is 9.78. The highest BCUT2D eigenvalue weighted by molar-refractivity contribution is 5.91. The summed E-state index contributed by atoms with van der Waals surface area (Å²) >= 11 is 0. The quantitative estimate of drug-likeness (QED) is 0.929. The molecule has 21 heavy (non-hydrogen) atoms. The van der Waals surface area contributed by atoms with Crippen molar-refractivity contribution < 1.29 is 9.32 Å². The molecule has 1 atom stereocenters. The monoisotopic (exact) mass is 291 g/mol. The molecule has 0 aliphatic carbocycles. The molecule has 1 spiro atoms. The van der Waals surface area contributed by atoms with Gasteiger partial charge < -0.3 is 14.7 Å². The number of hydrogen-bond donors (Lipinski definition) is 1. The number of amides is 1. The number of nitrogens with zero attached hydrogens (tertiary/aromatic N) is 2. The number of rotatable bonds is 3. The lowest BCUT2D eigenvalue weighted by Gasteiger charge is -2.38. The zero-order valence-electron chi connectivity index (χ0n) is 13.0. The van der Waals surface area contributed by atoms with Crippen LogP contribution in [0.15, 0.2) is 10.6 Å². The van der Waals surface area contributed by atoms with Crippen molar-refractivity contribution in [3.05, 3.63) is 17.5 Å². The lowest BCUT2D eigenvalue weighted by Crippen LogP contribution is -2.43. The Balaban J connectivity index is 1.62. The van der Waals surface area contributed by atoms with E-state index in [9.17, 15) is 4.79 Å². The van der Waals surface area contributed by atoms with Crippen molar-refractivity contribution in [3.8, 4) is 0 Å². The molecule has 0 bridgehead atoms. The third-order valence-corrected chi connectivity index (χ3v) is 5.30. The van der Waals surface area contributed by atoms with Gasteiger partial charge in [0.25, 0.3) is 5.91 Å². The molecule has 2 fully saturated rings. The highest BCUT2D eigenvalue weighted by atomic mass is 16.5. The van der Waals surface area contributed by atoms with Crippen LogP contribution in [0.1, 0.15) is 61.7 Å². The molecule has 0 aromatic carbocycles. The van der Waals surface area contributed by atoms with Crippen molar-refractivity contribution in [2.24, 2.45) is 5.41 Å². The van der Waals surface area contributed by atoms with E-state index in [2.05, 4.69) is 24.3 Å². The molecule has 2 saturated heterocycles. The molecule has 3 rings (SSSR count). The molecule has 0 radical (unpaired) electrons. The van der Waals surface area contributed by atoms with E-state index in [-0.39, 0.29) is 5.91 Å². The summed E-state index contributed by atoms with van der Waals surface area (Å²) in [6.07, 6.45) is 4.44. The van der Waals surface area contributed by atoms with E-state index in [1.165, 1.54) is 6.42 Å². The smallest absolute Gasteiger partial charge is 0.292 e. The van der Waals surface area contributed by atoms with E-state index in [1.54, 1.807) is 0 Å². The average molecular weight is 291 g/mol. The van der Waals surface area contributed by atoms with Crippen LogP contribution in [0.4, 0.5) is 0 Å². The van der Waals surface area contributed by atoms with Gasteiger partial charge in [0.1, 0.15) is 0 Å². The normalized spacial score (nSPS) is 22.7. The Morgan fingerprint density at radius 3 is 2.86 bits per heavy atom. The van der Waals surface area contributed by atoms with Gasteiger partial charge in [-0.05, 0) is 37.6 Å². The SMILES string of the molecule is CCC(C)c1cc(C(=O)N2CCC3(CCNC3)CC2)on1. The summed E-state index contributed by atoms with van der Waals surface area (Å²) in [4.78, 5) is 14.4. The molecule has 3 heterocycles. The number of carbonyl (C=O) groups excluding carboxylic acids is 1. The van der Waals surface area contributed by atoms with Crippen LogP contribution in [0.25, 0.3) is 0 Å². The molecule has 2 aliphatic rings. The summed E-state index contributed by atoms with van der Waals surface area (Å²) < 4.78 is 5.27. The number of nitrogens with one attached hydrogen (secondary N) is 1. The summed E-state index contributed by atoms with van der Waals surface area (Å²) in [6.45, 7) is 8.11. The van der Waals surface area contributed by atoms with Gasteiger partial charge in [-0.15, -0.1) is 0 Å². The lowest BCUT2D eigenvalue weighted by molar-refractivity contribution is 0.0568. The molecular formula is C16H25N3O2. The summed E-state index contributed by atoms with van der Waals surface area (Å²) in [5.41, 5.74) is 1.31. The molecule has 1 aromatic rings. The number of carbonyl (C=O) groups is 1. The van der Waals surface area contributed by atoms with Crippen LogP contribution < -0.4 is 5.32 Å². The summed E-state index contributed by atoms with van der Waals surface area (Å²) in [7, 11) is 0. The van der Waals surface area contributed by atoms with E-state index >= 15 is 0 Å². The zero-order chi connectivity index (χ0) is 14.9. The van der Waals surface area contributed by atoms with Crippen molar-refractivity contribution in [2.45, 2.75) is 45.4 Å². The third-order valence-electron chi connectivity index (χ3n) is 5.30. The Hall–Kier alpha value is -1.36. The average Bonchev–Trinajstić information content (AvgIpc) is 3.16. The molecule has 1 amide bonds. The Kier molecular flexibility index (Phi) is 4.02. The first kappa shape index (κ1) is 14.6. The van der Waals surface area contributed by atoms with Crippen LogP contribution in [0.3, 0.4) is 0 Å². The van der Waals surface area contributed by atoms with E-state index < -0.39 is 0 Å². The topological polar surface area (TPSA) is 58.4 Å². The van der Waals surface area contributed by atoms with E-state index in [1.807, 2.05) is 11.0 Å². The van der Waals surface area contributed by atoms with Crippen molar-refractivity contribution >= 4 is 5.91 Å². The number of hydrogen-bond acceptors (Lipinski definition) is 4. The first-order valence-corrected chi connectivity index (χ1v) is 8.10. The third kappa shape index (κ3) is 2.84. The molecule has 2 aliphatic heterocycles. The second-order valence-corrected chi connectivity index (χ2v) is 6.64. The fourth-order valence-corrected chi connectivity index (χ4v) is 3.39. The molecule has 1 N–H and O–H groups in total. The Morgan fingerprint density at radius 1 is 1.48 bits per heavy atom. The van der Waals surface area contributed by atoms with Gasteiger partial charge in [-0.25, -0.2) is 0 Å². The molecule has 1 aromatic heterocycles. The van der Waals surface area contributed by atoms with Gasteiger partial charge in [0.2, 0.25) is 5.76 Å². The minimum Gasteiger partial charge on any atom is -0.351 e. The highest BCUT2D eigenvalue weighted by Crippen LogP contribution is 2.37. The molecule has 116 valence electrons. The molecule has 1 unspecified atom stereocenters. The van der Waals surface area contributed by atoms with Crippen molar-refractivity contribution in [2.75, 3.05) is 26.2 Å². The summed E-state index contributed by atoms with van der Waals surface area (Å²) in [5, 5.41) is 7.49. The number of aromatic nitrogens is 1. The fraction of sp³-hybridized carbons (Fsp3) is 0.750. The largest absolute Gasteiger partial charge is 0.351 e. The fourth-order valence-electron chi connectivity index (χ4n) is 3.39. The second-order valence-electron chi connectivity index (χ2n) is 6.64. The van der Waals surface area contributed by atoms with Crippen molar-refractivity contribution in [1.29, 1.82) is 0 Å². The van der Waals surface area contributed by atoms with Crippen LogP contribution in [0, 0.1) is 5.41 Å². The Labute approximate surface area is 126 Å². The minimum atomic E-state index is -0.00198. The first-order valence-electron chi connectivity index (χ1n) is 8.10. The maximum atomic E-state index is 12.5. The number of piperidine rings is 1. The standard InChI is InChI=1S/C16H25N3O2/c1-3-12(2)13-10-14(21-18-13)15(20)19-8-5-16(6-9-19)4-7-17-11-16/h10,12,17H,3-9,11H2,1-2H3. The van der Waals surface area contributed by atoms with Gasteiger partial charge in [-0.2, -0.15) is 0 Å². The second kappa shape index (κ2) is 5.79. The highest BCUT2D eigenvalue weighted by Gasteiger charge is 2.38. The summed E-state index contributed by atoms with van der Waals surface area (Å²) in [6, 6.07) is 1.82. The zero-order valence-corrected chi connectivity index (χ0v) is 13.0. The van der Waals surface area contributed by atoms with Gasteiger partial charge in [-0.3, -0.25) is 4.79 Å². The van der Waals surface area contributed by atoms with Crippen LogP contribution in [0.5, 0.6) is 0 Å². The Bertz CT molecular complexity index is 495. The number of likely N-dealkylation sites (tertiary alicyclic amines) is 1. The van der Waals surface area contributed by atoms with Gasteiger partial charge in [0.05, 0.1) is 5.69 Å². The van der Waals surface area contributed by atoms with E-state index in [0.29, 0.717) is 17.1 Å². The van der Waals surface area contributed by atoms with Crippen molar-refractivity contribution in [1.82, 2.24) is 15.4 Å². The summed E-state index contributed by atoms with van der Waals surface area (Å²) in [5.74, 6) is 0.730. The molecule has 0 saturated carbocycles. The van der Waals surface area contributed by atoms with Crippen molar-refractivity contribution in [3.63, 3.8) is 0 Å². The molecular weight excluding hydrogens is 266 g/mol. The van der Waals surface area contributed by atoms with Crippen LogP contribution in [-0.4, -0.2) is 42.1 Å². The van der Waals surface area contributed by atoms with Gasteiger partial charge in [-0.1, -0.05) is 19.0 Å². The minimum absolute atomic E-state index is 0.00198. The predicted octanol–water partition coefficient (Wildman–Crippen LogP) is 2.40. The van der Waals surface area contributed by atoms with Gasteiger partial charge in [0, 0.05) is 31.6 Å². The molecule has 5 heteroatoms. The van der Waals surface area contributed by atoms with E-state index in [0.717, 1.165) is 51.1 Å². The maximum absolute atomic E-state index is 12.5. The van der Waals surface area contributed by atoms with E-state index in [4.69, 9.17) is 4.52 Å². The van der Waals surface area contributed by atoms with Gasteiger partial charge in [0.15, 0.2) is 0 Å². The van der Waals surface area contributed by atoms with Gasteiger partial charge >= 0.3 is 0 Å². The van der Waals surface area contributed by atoms with Crippen LogP contribution in [-0.2, 0) is 0 Å². The van der Waals surface area contributed by atoms with Crippen LogP contribution >= 0.6 is 0 Å². The maximum Gasteiger partial charge on any atom is 0.292 e. The first-order chi connectivity index (χ1) is 10.1. The molecule has 5 nitrogen and oxygen atoms in total.